The molecule has 1 aliphatic heterocycles. The standard InChI is InChI=1S/C14H21N3O2S/c1-13(2)8-14(3,18)17(12(20)16-13)11-6-5-9(19-4)7-10(11)15/h5-7,18H,8,15H2,1-4H3,(H,16,20). The summed E-state index contributed by atoms with van der Waals surface area (Å²) < 4.78 is 5.14. The molecule has 1 aromatic carbocycles. The largest absolute Gasteiger partial charge is 0.497 e. The van der Waals surface area contributed by atoms with Gasteiger partial charge in [0.15, 0.2) is 5.11 Å². The van der Waals surface area contributed by atoms with Crippen LogP contribution in [0.1, 0.15) is 27.2 Å². The molecular formula is C14H21N3O2S. The number of nitrogens with zero attached hydrogens (tertiary/aromatic N) is 1. The molecule has 1 unspecified atom stereocenters. The topological polar surface area (TPSA) is 70.8 Å². The highest BCUT2D eigenvalue weighted by Gasteiger charge is 2.44. The Bertz CT molecular complexity index is 543. The molecule has 6 heteroatoms. The van der Waals surface area contributed by atoms with Crippen LogP contribution in [-0.2, 0) is 0 Å². The van der Waals surface area contributed by atoms with Gasteiger partial charge in [-0.3, -0.25) is 4.90 Å². The highest BCUT2D eigenvalue weighted by Crippen LogP contribution is 2.37. The number of thiocarbonyl (C=S) groups is 1. The maximum atomic E-state index is 10.8. The van der Waals surface area contributed by atoms with E-state index in [1.807, 2.05) is 13.8 Å². The Morgan fingerprint density at radius 2 is 2.05 bits per heavy atom. The van der Waals surface area contributed by atoms with Crippen LogP contribution < -0.4 is 20.7 Å². The monoisotopic (exact) mass is 295 g/mol. The molecule has 0 radical (unpaired) electrons. The number of rotatable bonds is 2. The Balaban J connectivity index is 2.43. The van der Waals surface area contributed by atoms with E-state index in [0.29, 0.717) is 28.7 Å². The van der Waals surface area contributed by atoms with Crippen molar-refractivity contribution in [1.29, 1.82) is 0 Å². The van der Waals surface area contributed by atoms with E-state index in [1.165, 1.54) is 0 Å². The minimum atomic E-state index is -1.10. The van der Waals surface area contributed by atoms with Crippen molar-refractivity contribution in [2.75, 3.05) is 17.7 Å². The molecule has 20 heavy (non-hydrogen) atoms. The smallest absolute Gasteiger partial charge is 0.176 e. The molecule has 0 aromatic heterocycles. The molecule has 0 saturated carbocycles. The highest BCUT2D eigenvalue weighted by molar-refractivity contribution is 7.80. The zero-order valence-electron chi connectivity index (χ0n) is 12.2. The first kappa shape index (κ1) is 14.9. The SMILES string of the molecule is COc1ccc(N2C(=S)NC(C)(C)CC2(C)O)c(N)c1. The van der Waals surface area contributed by atoms with Crippen LogP contribution in [-0.4, -0.2) is 28.6 Å². The lowest BCUT2D eigenvalue weighted by Crippen LogP contribution is -2.66. The van der Waals surface area contributed by atoms with Crippen LogP contribution in [0.5, 0.6) is 5.75 Å². The van der Waals surface area contributed by atoms with Gasteiger partial charge in [-0.15, -0.1) is 0 Å². The quantitative estimate of drug-likeness (QED) is 0.571. The van der Waals surface area contributed by atoms with E-state index in [4.69, 9.17) is 22.7 Å². The number of benzene rings is 1. The average Bonchev–Trinajstić information content (AvgIpc) is 2.27. The first-order chi connectivity index (χ1) is 9.16. The van der Waals surface area contributed by atoms with Crippen molar-refractivity contribution in [3.8, 4) is 5.75 Å². The van der Waals surface area contributed by atoms with Crippen molar-refractivity contribution in [2.45, 2.75) is 38.5 Å². The summed E-state index contributed by atoms with van der Waals surface area (Å²) in [5.41, 5.74) is 5.87. The van der Waals surface area contributed by atoms with Gasteiger partial charge in [0.05, 0.1) is 18.5 Å². The van der Waals surface area contributed by atoms with Crippen molar-refractivity contribution >= 4 is 28.7 Å². The fourth-order valence-electron chi connectivity index (χ4n) is 2.76. The Labute approximate surface area is 124 Å². The molecule has 0 spiro atoms. The first-order valence-corrected chi connectivity index (χ1v) is 6.85. The second-order valence-corrected chi connectivity index (χ2v) is 6.35. The zero-order chi connectivity index (χ0) is 15.1. The van der Waals surface area contributed by atoms with Gasteiger partial charge in [0, 0.05) is 18.0 Å². The molecular weight excluding hydrogens is 274 g/mol. The van der Waals surface area contributed by atoms with E-state index in [9.17, 15) is 5.11 Å². The number of methoxy groups -OCH3 is 1. The fraction of sp³-hybridized carbons (Fsp3) is 0.500. The van der Waals surface area contributed by atoms with E-state index < -0.39 is 5.72 Å². The minimum Gasteiger partial charge on any atom is -0.497 e. The second-order valence-electron chi connectivity index (χ2n) is 5.97. The molecule has 1 fully saturated rings. The zero-order valence-corrected chi connectivity index (χ0v) is 13.0. The molecule has 1 saturated heterocycles. The van der Waals surface area contributed by atoms with Gasteiger partial charge in [-0.25, -0.2) is 0 Å². The molecule has 1 aromatic rings. The molecule has 0 amide bonds. The van der Waals surface area contributed by atoms with Gasteiger partial charge < -0.3 is 20.9 Å². The lowest BCUT2D eigenvalue weighted by molar-refractivity contribution is 0.0278. The third kappa shape index (κ3) is 2.66. The van der Waals surface area contributed by atoms with Crippen molar-refractivity contribution in [3.05, 3.63) is 18.2 Å². The van der Waals surface area contributed by atoms with Gasteiger partial charge >= 0.3 is 0 Å². The Morgan fingerprint density at radius 3 is 2.55 bits per heavy atom. The third-order valence-electron chi connectivity index (χ3n) is 3.38. The van der Waals surface area contributed by atoms with Crippen LogP contribution >= 0.6 is 12.2 Å². The Kier molecular flexibility index (Phi) is 3.56. The van der Waals surface area contributed by atoms with Gasteiger partial charge in [0.25, 0.3) is 0 Å². The summed E-state index contributed by atoms with van der Waals surface area (Å²) in [6.07, 6.45) is 0.519. The summed E-state index contributed by atoms with van der Waals surface area (Å²) in [5, 5.41) is 14.4. The maximum absolute atomic E-state index is 10.8. The molecule has 5 nitrogen and oxygen atoms in total. The van der Waals surface area contributed by atoms with Crippen LogP contribution in [0.15, 0.2) is 18.2 Å². The van der Waals surface area contributed by atoms with E-state index in [0.717, 1.165) is 0 Å². The number of ether oxygens (including phenoxy) is 1. The van der Waals surface area contributed by atoms with Gasteiger partial charge in [0.1, 0.15) is 11.5 Å². The number of hydrogen-bond donors (Lipinski definition) is 3. The van der Waals surface area contributed by atoms with Gasteiger partial charge in [-0.05, 0) is 45.1 Å². The van der Waals surface area contributed by atoms with E-state index in [1.54, 1.807) is 37.1 Å². The van der Waals surface area contributed by atoms with E-state index in [-0.39, 0.29) is 5.54 Å². The summed E-state index contributed by atoms with van der Waals surface area (Å²) in [7, 11) is 1.58. The number of nitrogens with two attached hydrogens (primary N) is 1. The van der Waals surface area contributed by atoms with Gasteiger partial charge in [0.2, 0.25) is 0 Å². The van der Waals surface area contributed by atoms with Crippen LogP contribution in [0.3, 0.4) is 0 Å². The van der Waals surface area contributed by atoms with E-state index in [2.05, 4.69) is 5.32 Å². The molecule has 1 atom stereocenters. The lowest BCUT2D eigenvalue weighted by atomic mass is 9.90. The van der Waals surface area contributed by atoms with E-state index >= 15 is 0 Å². The van der Waals surface area contributed by atoms with Crippen molar-refractivity contribution in [2.24, 2.45) is 0 Å². The molecule has 2 rings (SSSR count). The third-order valence-corrected chi connectivity index (χ3v) is 3.67. The molecule has 0 aliphatic carbocycles. The molecule has 1 aliphatic rings. The van der Waals surface area contributed by atoms with Gasteiger partial charge in [-0.2, -0.15) is 0 Å². The summed E-state index contributed by atoms with van der Waals surface area (Å²) in [5.74, 6) is 0.669. The Hall–Kier alpha value is -1.53. The molecule has 4 N–H and O–H groups in total. The summed E-state index contributed by atoms with van der Waals surface area (Å²) in [4.78, 5) is 1.66. The van der Waals surface area contributed by atoms with Crippen LogP contribution in [0.25, 0.3) is 0 Å². The molecule has 110 valence electrons. The van der Waals surface area contributed by atoms with Gasteiger partial charge in [-0.1, -0.05) is 0 Å². The highest BCUT2D eigenvalue weighted by atomic mass is 32.1. The predicted octanol–water partition coefficient (Wildman–Crippen LogP) is 1.85. The first-order valence-electron chi connectivity index (χ1n) is 6.44. The number of nitrogen functional groups attached to an aromatic ring is 1. The molecule has 1 heterocycles. The van der Waals surface area contributed by atoms with Crippen LogP contribution in [0.4, 0.5) is 11.4 Å². The van der Waals surface area contributed by atoms with Crippen molar-refractivity contribution < 1.29 is 9.84 Å². The second kappa shape index (κ2) is 4.79. The number of hydrogen-bond acceptors (Lipinski definition) is 4. The minimum absolute atomic E-state index is 0.266. The predicted molar refractivity (Wildman–Crippen MR) is 84.9 cm³/mol. The maximum Gasteiger partial charge on any atom is 0.176 e. The molecule has 0 bridgehead atoms. The van der Waals surface area contributed by atoms with Crippen LogP contribution in [0, 0.1) is 0 Å². The fourth-order valence-corrected chi connectivity index (χ4v) is 3.33. The summed E-state index contributed by atoms with van der Waals surface area (Å²) in [6, 6.07) is 5.31. The number of aliphatic hydroxyl groups is 1. The van der Waals surface area contributed by atoms with Crippen LogP contribution in [0.2, 0.25) is 0 Å². The lowest BCUT2D eigenvalue weighted by Gasteiger charge is -2.49. The average molecular weight is 295 g/mol. The summed E-state index contributed by atoms with van der Waals surface area (Å²) >= 11 is 5.40. The van der Waals surface area contributed by atoms with Crippen molar-refractivity contribution in [3.63, 3.8) is 0 Å². The normalized spacial score (nSPS) is 25.2. The van der Waals surface area contributed by atoms with Crippen molar-refractivity contribution in [1.82, 2.24) is 5.32 Å². The number of nitrogens with one attached hydrogen (secondary N) is 1. The number of anilines is 2. The Morgan fingerprint density at radius 1 is 1.40 bits per heavy atom. The summed E-state index contributed by atoms with van der Waals surface area (Å²) in [6.45, 7) is 5.75.